The summed E-state index contributed by atoms with van der Waals surface area (Å²) in [5, 5.41) is 12.7. The predicted molar refractivity (Wildman–Crippen MR) is 56.8 cm³/mol. The van der Waals surface area contributed by atoms with Crippen molar-refractivity contribution in [1.82, 2.24) is 0 Å². The van der Waals surface area contributed by atoms with Crippen molar-refractivity contribution >= 4 is 16.7 Å². The van der Waals surface area contributed by atoms with Gasteiger partial charge < -0.3 is 14.4 Å². The monoisotopic (exact) mass is 205 g/mol. The summed E-state index contributed by atoms with van der Waals surface area (Å²) in [6.07, 6.45) is 1.57. The van der Waals surface area contributed by atoms with Gasteiger partial charge in [0.15, 0.2) is 0 Å². The second-order valence-electron chi connectivity index (χ2n) is 3.20. The van der Waals surface area contributed by atoms with Crippen molar-refractivity contribution in [2.45, 2.75) is 6.92 Å². The van der Waals surface area contributed by atoms with Crippen molar-refractivity contribution in [2.75, 3.05) is 7.11 Å². The Morgan fingerprint density at radius 1 is 1.47 bits per heavy atom. The van der Waals surface area contributed by atoms with Crippen molar-refractivity contribution in [1.29, 1.82) is 0 Å². The first-order chi connectivity index (χ1) is 7.26. The van der Waals surface area contributed by atoms with Crippen LogP contribution in [0.4, 0.5) is 0 Å². The Balaban J connectivity index is 2.66. The van der Waals surface area contributed by atoms with E-state index in [0.717, 1.165) is 22.3 Å². The Hall–Kier alpha value is -1.97. The Bertz CT molecular complexity index is 514. The van der Waals surface area contributed by atoms with Crippen molar-refractivity contribution in [3.63, 3.8) is 0 Å². The molecular formula is C11H11NO3. The van der Waals surface area contributed by atoms with Crippen LogP contribution in [-0.4, -0.2) is 18.0 Å². The van der Waals surface area contributed by atoms with E-state index < -0.39 is 0 Å². The molecule has 0 amide bonds. The molecule has 0 bridgehead atoms. The molecule has 1 N–H and O–H groups in total. The van der Waals surface area contributed by atoms with Gasteiger partial charge in [-0.1, -0.05) is 5.16 Å². The van der Waals surface area contributed by atoms with Crippen molar-refractivity contribution < 1.29 is 14.4 Å². The summed E-state index contributed by atoms with van der Waals surface area (Å²) in [6, 6.07) is 5.49. The maximum absolute atomic E-state index is 8.71. The number of hydrogen-bond donors (Lipinski definition) is 1. The van der Waals surface area contributed by atoms with E-state index in [4.69, 9.17) is 14.4 Å². The molecule has 0 aliphatic rings. The molecule has 2 aromatic rings. The van der Waals surface area contributed by atoms with Gasteiger partial charge >= 0.3 is 0 Å². The molecule has 0 atom stereocenters. The minimum absolute atomic E-state index is 0.516. The zero-order valence-corrected chi connectivity index (χ0v) is 8.52. The summed E-state index contributed by atoms with van der Waals surface area (Å²) < 4.78 is 10.4. The third kappa shape index (κ3) is 1.54. The highest BCUT2D eigenvalue weighted by Crippen LogP contribution is 2.26. The molecule has 2 rings (SSSR count). The lowest BCUT2D eigenvalue weighted by atomic mass is 10.1. The first-order valence-electron chi connectivity index (χ1n) is 4.50. The van der Waals surface area contributed by atoms with Crippen molar-refractivity contribution in [3.05, 3.63) is 30.0 Å². The number of methoxy groups -OCH3 is 1. The fourth-order valence-corrected chi connectivity index (χ4v) is 1.47. The Morgan fingerprint density at radius 2 is 2.27 bits per heavy atom. The van der Waals surface area contributed by atoms with E-state index in [2.05, 4.69) is 5.16 Å². The molecule has 1 aromatic carbocycles. The molecule has 0 spiro atoms. The molecule has 0 unspecified atom stereocenters. The summed E-state index contributed by atoms with van der Waals surface area (Å²) in [6.45, 7) is 1.71. The van der Waals surface area contributed by atoms with Gasteiger partial charge in [0.05, 0.1) is 12.8 Å². The van der Waals surface area contributed by atoms with Gasteiger partial charge in [-0.25, -0.2) is 0 Å². The lowest BCUT2D eigenvalue weighted by molar-refractivity contribution is 0.319. The fraction of sp³-hybridized carbons (Fsp3) is 0.182. The van der Waals surface area contributed by atoms with Crippen LogP contribution in [0.15, 0.2) is 34.0 Å². The first-order valence-corrected chi connectivity index (χ1v) is 4.50. The Morgan fingerprint density at radius 3 is 2.93 bits per heavy atom. The van der Waals surface area contributed by atoms with Crippen LogP contribution in [0.3, 0.4) is 0 Å². The van der Waals surface area contributed by atoms with E-state index in [1.165, 1.54) is 0 Å². The molecule has 15 heavy (non-hydrogen) atoms. The van der Waals surface area contributed by atoms with Gasteiger partial charge in [0.25, 0.3) is 0 Å². The molecule has 78 valence electrons. The van der Waals surface area contributed by atoms with E-state index in [1.807, 2.05) is 18.2 Å². The predicted octanol–water partition coefficient (Wildman–Crippen LogP) is 2.64. The second-order valence-corrected chi connectivity index (χ2v) is 3.20. The van der Waals surface area contributed by atoms with E-state index in [1.54, 1.807) is 20.3 Å². The van der Waals surface area contributed by atoms with E-state index in [9.17, 15) is 0 Å². The number of fused-ring (bicyclic) bond motifs is 1. The zero-order valence-electron chi connectivity index (χ0n) is 8.52. The molecule has 4 heteroatoms. The maximum Gasteiger partial charge on any atom is 0.134 e. The van der Waals surface area contributed by atoms with Gasteiger partial charge in [-0.3, -0.25) is 0 Å². The summed E-state index contributed by atoms with van der Waals surface area (Å²) in [4.78, 5) is 0. The van der Waals surface area contributed by atoms with E-state index in [0.29, 0.717) is 5.71 Å². The molecule has 0 radical (unpaired) electrons. The summed E-state index contributed by atoms with van der Waals surface area (Å²) in [5.41, 5.74) is 2.03. The average molecular weight is 205 g/mol. The van der Waals surface area contributed by atoms with Crippen LogP contribution in [0.5, 0.6) is 5.75 Å². The van der Waals surface area contributed by atoms with Gasteiger partial charge in [0.2, 0.25) is 0 Å². The van der Waals surface area contributed by atoms with Crippen molar-refractivity contribution in [2.24, 2.45) is 5.16 Å². The van der Waals surface area contributed by atoms with Gasteiger partial charge in [0.1, 0.15) is 17.6 Å². The largest absolute Gasteiger partial charge is 0.497 e. The van der Waals surface area contributed by atoms with Crippen molar-refractivity contribution in [3.8, 4) is 5.75 Å². The van der Waals surface area contributed by atoms with Crippen LogP contribution < -0.4 is 4.74 Å². The highest BCUT2D eigenvalue weighted by Gasteiger charge is 2.09. The standard InChI is InChI=1S/C11H11NO3/c1-7(12-13)10-6-15-11-4-3-8(14-2)5-9(10)11/h3-6,13H,1-2H3/b12-7+. The third-order valence-corrected chi connectivity index (χ3v) is 2.32. The van der Waals surface area contributed by atoms with Gasteiger partial charge in [-0.2, -0.15) is 0 Å². The average Bonchev–Trinajstić information content (AvgIpc) is 2.70. The van der Waals surface area contributed by atoms with E-state index in [-0.39, 0.29) is 0 Å². The first kappa shape index (κ1) is 9.58. The second kappa shape index (κ2) is 3.65. The van der Waals surface area contributed by atoms with Crippen LogP contribution in [0.25, 0.3) is 11.0 Å². The minimum atomic E-state index is 0.516. The highest BCUT2D eigenvalue weighted by molar-refractivity contribution is 6.08. The lowest BCUT2D eigenvalue weighted by Gasteiger charge is -1.99. The Labute approximate surface area is 86.8 Å². The summed E-state index contributed by atoms with van der Waals surface area (Å²) in [5.74, 6) is 0.746. The maximum atomic E-state index is 8.71. The molecule has 0 saturated carbocycles. The van der Waals surface area contributed by atoms with Crippen LogP contribution >= 0.6 is 0 Å². The third-order valence-electron chi connectivity index (χ3n) is 2.32. The number of oxime groups is 1. The molecule has 0 aliphatic carbocycles. The number of nitrogens with zero attached hydrogens (tertiary/aromatic N) is 1. The van der Waals surface area contributed by atoms with Crippen LogP contribution in [0, 0.1) is 0 Å². The smallest absolute Gasteiger partial charge is 0.134 e. The number of furan rings is 1. The van der Waals surface area contributed by atoms with Crippen LogP contribution in [-0.2, 0) is 0 Å². The Kier molecular flexibility index (Phi) is 2.33. The molecule has 0 fully saturated rings. The SMILES string of the molecule is COc1ccc2occ(/C(C)=N/O)c2c1. The van der Waals surface area contributed by atoms with Crippen LogP contribution in [0.1, 0.15) is 12.5 Å². The fourth-order valence-electron chi connectivity index (χ4n) is 1.47. The topological polar surface area (TPSA) is 55.0 Å². The van der Waals surface area contributed by atoms with Gasteiger partial charge in [0, 0.05) is 10.9 Å². The molecule has 1 heterocycles. The number of ether oxygens (including phenoxy) is 1. The summed E-state index contributed by atoms with van der Waals surface area (Å²) in [7, 11) is 1.61. The normalized spacial score (nSPS) is 12.0. The number of benzene rings is 1. The molecular weight excluding hydrogens is 194 g/mol. The van der Waals surface area contributed by atoms with E-state index >= 15 is 0 Å². The summed E-state index contributed by atoms with van der Waals surface area (Å²) >= 11 is 0. The van der Waals surface area contributed by atoms with Gasteiger partial charge in [-0.15, -0.1) is 0 Å². The van der Waals surface area contributed by atoms with Crippen LogP contribution in [0.2, 0.25) is 0 Å². The quantitative estimate of drug-likeness (QED) is 0.466. The molecule has 0 saturated heterocycles. The number of hydrogen-bond acceptors (Lipinski definition) is 4. The molecule has 4 nitrogen and oxygen atoms in total. The lowest BCUT2D eigenvalue weighted by Crippen LogP contribution is -1.92. The highest BCUT2D eigenvalue weighted by atomic mass is 16.5. The minimum Gasteiger partial charge on any atom is -0.497 e. The van der Waals surface area contributed by atoms with Gasteiger partial charge in [-0.05, 0) is 25.1 Å². The number of rotatable bonds is 2. The molecule has 0 aliphatic heterocycles. The zero-order chi connectivity index (χ0) is 10.8. The molecule has 1 aromatic heterocycles.